The molecule has 26 heavy (non-hydrogen) atoms. The summed E-state index contributed by atoms with van der Waals surface area (Å²) in [5.74, 6) is -3.40. The molecular weight excluding hydrogens is 332 g/mol. The summed E-state index contributed by atoms with van der Waals surface area (Å²) in [5.41, 5.74) is 6.33. The van der Waals surface area contributed by atoms with Crippen LogP contribution in [-0.4, -0.2) is 22.9 Å². The van der Waals surface area contributed by atoms with Crippen LogP contribution in [0.5, 0.6) is 0 Å². The Kier molecular flexibility index (Phi) is 4.61. The van der Waals surface area contributed by atoms with E-state index in [1.807, 2.05) is 24.3 Å². The van der Waals surface area contributed by atoms with E-state index in [0.29, 0.717) is 12.0 Å². The first-order valence-electron chi connectivity index (χ1n) is 8.80. The van der Waals surface area contributed by atoms with Crippen LogP contribution in [0.2, 0.25) is 0 Å². The summed E-state index contributed by atoms with van der Waals surface area (Å²) in [6.45, 7) is 6.26. The summed E-state index contributed by atoms with van der Waals surface area (Å²) in [5, 5.41) is 9.40. The molecule has 0 spiro atoms. The predicted molar refractivity (Wildman–Crippen MR) is 96.1 cm³/mol. The van der Waals surface area contributed by atoms with Crippen LogP contribution in [0.4, 0.5) is 0 Å². The lowest BCUT2D eigenvalue weighted by molar-refractivity contribution is -0.148. The molecule has 2 amide bonds. The van der Waals surface area contributed by atoms with Gasteiger partial charge in [0.2, 0.25) is 5.91 Å². The highest BCUT2D eigenvalue weighted by atomic mass is 16.4. The van der Waals surface area contributed by atoms with Gasteiger partial charge in [0.1, 0.15) is 0 Å². The largest absolute Gasteiger partial charge is 0.481 e. The van der Waals surface area contributed by atoms with Crippen LogP contribution in [0.15, 0.2) is 36.4 Å². The second kappa shape index (κ2) is 6.59. The van der Waals surface area contributed by atoms with E-state index in [1.165, 1.54) is 0 Å². The van der Waals surface area contributed by atoms with Crippen molar-refractivity contribution in [3.63, 3.8) is 0 Å². The van der Waals surface area contributed by atoms with Gasteiger partial charge in [0, 0.05) is 5.56 Å². The number of aliphatic carboxylic acids is 1. The number of fused-ring (bicyclic) bond motifs is 2. The number of hydrazine groups is 1. The minimum Gasteiger partial charge on any atom is -0.481 e. The van der Waals surface area contributed by atoms with Crippen LogP contribution < -0.4 is 10.9 Å². The normalized spacial score (nSPS) is 26.6. The van der Waals surface area contributed by atoms with Gasteiger partial charge in [0.05, 0.1) is 11.8 Å². The van der Waals surface area contributed by atoms with Gasteiger partial charge in [-0.1, -0.05) is 45.1 Å². The molecule has 0 unspecified atom stereocenters. The highest BCUT2D eigenvalue weighted by molar-refractivity contribution is 5.96. The van der Waals surface area contributed by atoms with Crippen LogP contribution in [0, 0.1) is 23.7 Å². The lowest BCUT2D eigenvalue weighted by Crippen LogP contribution is -2.48. The van der Waals surface area contributed by atoms with Crippen molar-refractivity contribution in [3.05, 3.63) is 47.5 Å². The Morgan fingerprint density at radius 1 is 0.962 bits per heavy atom. The molecule has 1 aromatic rings. The number of rotatable bonds is 3. The Bertz CT molecular complexity index is 761. The third kappa shape index (κ3) is 3.36. The number of carboxylic acid groups (broad SMARTS) is 1. The molecule has 0 radical (unpaired) electrons. The molecular formula is C20H24N2O4. The third-order valence-corrected chi connectivity index (χ3v) is 5.36. The number of nitrogens with one attached hydrogen (secondary N) is 2. The zero-order chi connectivity index (χ0) is 19.1. The lowest BCUT2D eigenvalue weighted by atomic mass is 9.82. The molecule has 138 valence electrons. The summed E-state index contributed by atoms with van der Waals surface area (Å²) in [4.78, 5) is 36.2. The maximum Gasteiger partial charge on any atom is 0.307 e. The zero-order valence-corrected chi connectivity index (χ0v) is 15.2. The summed E-state index contributed by atoms with van der Waals surface area (Å²) in [6.07, 6.45) is 4.46. The topological polar surface area (TPSA) is 95.5 Å². The molecule has 2 aliphatic rings. The van der Waals surface area contributed by atoms with Gasteiger partial charge in [-0.3, -0.25) is 25.2 Å². The Morgan fingerprint density at radius 3 is 2.08 bits per heavy atom. The maximum absolute atomic E-state index is 12.4. The summed E-state index contributed by atoms with van der Waals surface area (Å²) in [6, 6.07) is 7.20. The third-order valence-electron chi connectivity index (χ3n) is 5.36. The van der Waals surface area contributed by atoms with Crippen molar-refractivity contribution >= 4 is 17.8 Å². The van der Waals surface area contributed by atoms with Crippen LogP contribution >= 0.6 is 0 Å². The van der Waals surface area contributed by atoms with Crippen LogP contribution in [-0.2, 0) is 15.0 Å². The van der Waals surface area contributed by atoms with Gasteiger partial charge in [-0.25, -0.2) is 0 Å². The van der Waals surface area contributed by atoms with Crippen molar-refractivity contribution in [1.29, 1.82) is 0 Å². The molecule has 4 atom stereocenters. The number of allylic oxidation sites excluding steroid dienone is 2. The van der Waals surface area contributed by atoms with Crippen LogP contribution in [0.1, 0.15) is 43.1 Å². The SMILES string of the molecule is CC(C)(C)c1ccc(C(=O)NNC(=O)[C@H]2[C@@H](C(=O)O)[C@H]3C=C[C@@H]2C3)cc1. The molecule has 6 heteroatoms. The highest BCUT2D eigenvalue weighted by Crippen LogP contribution is 2.48. The van der Waals surface area contributed by atoms with Gasteiger partial charge < -0.3 is 5.11 Å². The molecule has 2 aliphatic carbocycles. The van der Waals surface area contributed by atoms with Gasteiger partial charge in [-0.2, -0.15) is 0 Å². The van der Waals surface area contributed by atoms with Crippen molar-refractivity contribution in [1.82, 2.24) is 10.9 Å². The molecule has 1 saturated carbocycles. The van der Waals surface area contributed by atoms with Crippen molar-refractivity contribution in [2.75, 3.05) is 0 Å². The number of hydrogen-bond acceptors (Lipinski definition) is 3. The molecule has 1 aromatic carbocycles. The first kappa shape index (κ1) is 18.2. The molecule has 2 bridgehead atoms. The van der Waals surface area contributed by atoms with E-state index in [1.54, 1.807) is 12.1 Å². The summed E-state index contributed by atoms with van der Waals surface area (Å²) >= 11 is 0. The smallest absolute Gasteiger partial charge is 0.307 e. The fourth-order valence-corrected chi connectivity index (χ4v) is 3.91. The van der Waals surface area contributed by atoms with Gasteiger partial charge >= 0.3 is 5.97 Å². The molecule has 3 rings (SSSR count). The van der Waals surface area contributed by atoms with Crippen molar-refractivity contribution in [2.24, 2.45) is 23.7 Å². The number of carbonyl (C=O) groups is 3. The second-order valence-electron chi connectivity index (χ2n) is 8.11. The van der Waals surface area contributed by atoms with E-state index in [4.69, 9.17) is 0 Å². The molecule has 0 aliphatic heterocycles. The Morgan fingerprint density at radius 2 is 1.54 bits per heavy atom. The Hall–Kier alpha value is -2.63. The van der Waals surface area contributed by atoms with E-state index in [-0.39, 0.29) is 17.3 Å². The van der Waals surface area contributed by atoms with Crippen LogP contribution in [0.25, 0.3) is 0 Å². The fourth-order valence-electron chi connectivity index (χ4n) is 3.91. The minimum atomic E-state index is -0.967. The first-order chi connectivity index (χ1) is 12.2. The quantitative estimate of drug-likeness (QED) is 0.572. The van der Waals surface area contributed by atoms with E-state index < -0.39 is 29.6 Å². The van der Waals surface area contributed by atoms with Gasteiger partial charge in [0.25, 0.3) is 5.91 Å². The van der Waals surface area contributed by atoms with Crippen molar-refractivity contribution < 1.29 is 19.5 Å². The fraction of sp³-hybridized carbons (Fsp3) is 0.450. The molecule has 6 nitrogen and oxygen atoms in total. The molecule has 0 aromatic heterocycles. The average Bonchev–Trinajstić information content (AvgIpc) is 3.19. The number of benzene rings is 1. The molecule has 0 heterocycles. The summed E-state index contributed by atoms with van der Waals surface area (Å²) < 4.78 is 0. The van der Waals surface area contributed by atoms with E-state index in [0.717, 1.165) is 5.56 Å². The van der Waals surface area contributed by atoms with Gasteiger partial charge in [-0.05, 0) is 41.4 Å². The molecule has 3 N–H and O–H groups in total. The number of amides is 2. The molecule has 1 fully saturated rings. The monoisotopic (exact) mass is 356 g/mol. The van der Waals surface area contributed by atoms with E-state index in [2.05, 4.69) is 31.6 Å². The van der Waals surface area contributed by atoms with Crippen LogP contribution in [0.3, 0.4) is 0 Å². The lowest BCUT2D eigenvalue weighted by Gasteiger charge is -2.24. The van der Waals surface area contributed by atoms with E-state index in [9.17, 15) is 19.5 Å². The number of hydrogen-bond donors (Lipinski definition) is 3. The van der Waals surface area contributed by atoms with E-state index >= 15 is 0 Å². The average molecular weight is 356 g/mol. The first-order valence-corrected chi connectivity index (χ1v) is 8.80. The van der Waals surface area contributed by atoms with Gasteiger partial charge in [-0.15, -0.1) is 0 Å². The standard InChI is InChI=1S/C20H24N2O4/c1-20(2,3)14-8-6-11(7-9-14)17(23)21-22-18(24)15-12-4-5-13(10-12)16(15)19(25)26/h4-9,12-13,15-16H,10H2,1-3H3,(H,21,23)(H,22,24)(H,25,26)/t12-,13+,15-,16+/m1/s1. The Balaban J connectivity index is 1.62. The predicted octanol–water partition coefficient (Wildman–Crippen LogP) is 2.27. The van der Waals surface area contributed by atoms with Crippen molar-refractivity contribution in [3.8, 4) is 0 Å². The van der Waals surface area contributed by atoms with Crippen molar-refractivity contribution in [2.45, 2.75) is 32.6 Å². The Labute approximate surface area is 152 Å². The maximum atomic E-state index is 12.4. The summed E-state index contributed by atoms with van der Waals surface area (Å²) in [7, 11) is 0. The second-order valence-corrected chi connectivity index (χ2v) is 8.11. The number of carbonyl (C=O) groups excluding carboxylic acids is 2. The molecule has 0 saturated heterocycles. The minimum absolute atomic E-state index is 0.00955. The van der Waals surface area contributed by atoms with Gasteiger partial charge in [0.15, 0.2) is 0 Å². The zero-order valence-electron chi connectivity index (χ0n) is 15.2. The highest BCUT2D eigenvalue weighted by Gasteiger charge is 2.51. The number of carboxylic acids is 1.